The first kappa shape index (κ1) is 24.4. The van der Waals surface area contributed by atoms with Crippen LogP contribution >= 0.6 is 35.3 Å². The Kier molecular flexibility index (Phi) is 9.93. The van der Waals surface area contributed by atoms with E-state index in [1.54, 1.807) is 18.4 Å². The number of aryl methyl sites for hydroxylation is 2. The second kappa shape index (κ2) is 11.4. The molecule has 0 saturated heterocycles. The van der Waals surface area contributed by atoms with Crippen molar-refractivity contribution in [3.8, 4) is 5.88 Å². The molecule has 156 valence electrons. The third kappa shape index (κ3) is 7.78. The van der Waals surface area contributed by atoms with E-state index in [2.05, 4.69) is 32.5 Å². The number of pyridine rings is 1. The minimum absolute atomic E-state index is 0. The number of alkyl halides is 3. The van der Waals surface area contributed by atoms with Crippen molar-refractivity contribution in [2.24, 2.45) is 4.99 Å². The number of rotatable bonds is 7. The highest BCUT2D eigenvalue weighted by atomic mass is 127. The van der Waals surface area contributed by atoms with Crippen molar-refractivity contribution < 1.29 is 17.9 Å². The summed E-state index contributed by atoms with van der Waals surface area (Å²) in [6.07, 6.45) is -2.85. The van der Waals surface area contributed by atoms with Crippen LogP contribution in [0.3, 0.4) is 0 Å². The van der Waals surface area contributed by atoms with Gasteiger partial charge in [0.15, 0.2) is 5.96 Å². The van der Waals surface area contributed by atoms with Gasteiger partial charge in [-0.05, 0) is 19.9 Å². The molecule has 2 aromatic rings. The molecule has 0 aliphatic carbocycles. The van der Waals surface area contributed by atoms with Gasteiger partial charge in [-0.1, -0.05) is 0 Å². The van der Waals surface area contributed by atoms with Gasteiger partial charge in [-0.25, -0.2) is 9.97 Å². The first-order valence-corrected chi connectivity index (χ1v) is 9.14. The Balaban J connectivity index is 0.00000392. The minimum Gasteiger partial charge on any atom is -0.476 e. The quantitative estimate of drug-likeness (QED) is 0.249. The number of guanidine groups is 1. The summed E-state index contributed by atoms with van der Waals surface area (Å²) in [7, 11) is 1.66. The van der Waals surface area contributed by atoms with E-state index < -0.39 is 11.7 Å². The van der Waals surface area contributed by atoms with Gasteiger partial charge in [0.05, 0.1) is 22.8 Å². The highest BCUT2D eigenvalue weighted by Crippen LogP contribution is 2.29. The summed E-state index contributed by atoms with van der Waals surface area (Å²) in [6, 6.07) is 2.15. The molecule has 0 spiro atoms. The molecule has 6 nitrogen and oxygen atoms in total. The topological polar surface area (TPSA) is 71.4 Å². The van der Waals surface area contributed by atoms with Crippen LogP contribution in [0.4, 0.5) is 13.2 Å². The predicted octanol–water partition coefficient (Wildman–Crippen LogP) is 3.58. The summed E-state index contributed by atoms with van der Waals surface area (Å²) in [5.74, 6) is 0.756. The maximum Gasteiger partial charge on any atom is 0.417 e. The number of aliphatic imine (C=N–C) groups is 1. The van der Waals surface area contributed by atoms with Crippen LogP contribution in [0, 0.1) is 13.8 Å². The van der Waals surface area contributed by atoms with Crippen LogP contribution in [-0.4, -0.2) is 42.7 Å². The molecule has 2 rings (SSSR count). The van der Waals surface area contributed by atoms with Gasteiger partial charge < -0.3 is 15.4 Å². The Morgan fingerprint density at radius 3 is 2.46 bits per heavy atom. The third-order valence-corrected chi connectivity index (χ3v) is 4.77. The van der Waals surface area contributed by atoms with Crippen LogP contribution < -0.4 is 15.4 Å². The molecular formula is C17H23F3IN5OS. The number of nitrogens with zero attached hydrogens (tertiary/aromatic N) is 3. The molecule has 0 aliphatic heterocycles. The van der Waals surface area contributed by atoms with E-state index in [1.807, 2.05) is 6.92 Å². The van der Waals surface area contributed by atoms with Gasteiger partial charge in [-0.2, -0.15) is 13.2 Å². The molecule has 11 heteroatoms. The normalized spacial score (nSPS) is 11.7. The monoisotopic (exact) mass is 529 g/mol. The van der Waals surface area contributed by atoms with Crippen molar-refractivity contribution in [1.29, 1.82) is 0 Å². The van der Waals surface area contributed by atoms with E-state index in [0.29, 0.717) is 19.0 Å². The largest absolute Gasteiger partial charge is 0.476 e. The molecule has 0 radical (unpaired) electrons. The lowest BCUT2D eigenvalue weighted by Crippen LogP contribution is -2.40. The van der Waals surface area contributed by atoms with Crippen LogP contribution in [0.1, 0.15) is 21.1 Å². The molecule has 0 aromatic carbocycles. The molecular weight excluding hydrogens is 506 g/mol. The summed E-state index contributed by atoms with van der Waals surface area (Å²) in [6.45, 7) is 5.40. The molecule has 0 amide bonds. The average molecular weight is 529 g/mol. The number of hydrogen-bond acceptors (Lipinski definition) is 5. The van der Waals surface area contributed by atoms with Crippen LogP contribution in [0.15, 0.2) is 23.3 Å². The van der Waals surface area contributed by atoms with E-state index in [9.17, 15) is 13.2 Å². The summed E-state index contributed by atoms with van der Waals surface area (Å²) < 4.78 is 42.7. The zero-order valence-electron chi connectivity index (χ0n) is 15.8. The van der Waals surface area contributed by atoms with Crippen LogP contribution in [0.25, 0.3) is 0 Å². The number of ether oxygens (including phenoxy) is 1. The van der Waals surface area contributed by atoms with Crippen LogP contribution in [0.2, 0.25) is 0 Å². The zero-order chi connectivity index (χ0) is 19.9. The van der Waals surface area contributed by atoms with Crippen molar-refractivity contribution in [3.63, 3.8) is 0 Å². The highest BCUT2D eigenvalue weighted by Gasteiger charge is 2.30. The molecule has 2 heterocycles. The van der Waals surface area contributed by atoms with Crippen molar-refractivity contribution in [3.05, 3.63) is 39.5 Å². The molecule has 2 aromatic heterocycles. The van der Waals surface area contributed by atoms with Gasteiger partial charge >= 0.3 is 6.18 Å². The van der Waals surface area contributed by atoms with E-state index >= 15 is 0 Å². The Bertz CT molecular complexity index is 746. The van der Waals surface area contributed by atoms with Crippen molar-refractivity contribution >= 4 is 41.3 Å². The van der Waals surface area contributed by atoms with E-state index in [4.69, 9.17) is 4.74 Å². The van der Waals surface area contributed by atoms with E-state index in [1.165, 1.54) is 10.9 Å². The number of halogens is 4. The molecule has 0 unspecified atom stereocenters. The van der Waals surface area contributed by atoms with Crippen molar-refractivity contribution in [2.45, 2.75) is 26.4 Å². The lowest BCUT2D eigenvalue weighted by Gasteiger charge is -2.12. The van der Waals surface area contributed by atoms with Gasteiger partial charge in [0, 0.05) is 37.2 Å². The summed E-state index contributed by atoms with van der Waals surface area (Å²) in [5.41, 5.74) is 0.259. The molecule has 28 heavy (non-hydrogen) atoms. The van der Waals surface area contributed by atoms with E-state index in [-0.39, 0.29) is 36.5 Å². The van der Waals surface area contributed by atoms with Crippen molar-refractivity contribution in [1.82, 2.24) is 20.6 Å². The van der Waals surface area contributed by atoms with Gasteiger partial charge in [0.2, 0.25) is 5.88 Å². The molecule has 0 saturated carbocycles. The SMILES string of the molecule is CN=C(NCCOc1ccc(C(F)(F)F)cn1)NCCc1nc(C)c(C)s1.I. The number of aromatic nitrogens is 2. The van der Waals surface area contributed by atoms with Crippen molar-refractivity contribution in [2.75, 3.05) is 26.7 Å². The van der Waals surface area contributed by atoms with E-state index in [0.717, 1.165) is 29.4 Å². The van der Waals surface area contributed by atoms with Gasteiger partial charge in [-0.15, -0.1) is 35.3 Å². The minimum atomic E-state index is -4.40. The number of thiazole rings is 1. The summed E-state index contributed by atoms with van der Waals surface area (Å²) >= 11 is 1.69. The average Bonchev–Trinajstić information content (AvgIpc) is 2.94. The van der Waals surface area contributed by atoms with Crippen LogP contribution in [-0.2, 0) is 12.6 Å². The lowest BCUT2D eigenvalue weighted by molar-refractivity contribution is -0.137. The van der Waals surface area contributed by atoms with Gasteiger partial charge in [-0.3, -0.25) is 4.99 Å². The lowest BCUT2D eigenvalue weighted by atomic mass is 10.3. The Labute approximate surface area is 183 Å². The molecule has 0 atom stereocenters. The fraction of sp³-hybridized carbons (Fsp3) is 0.471. The Hall–Kier alpha value is -1.63. The maximum atomic E-state index is 12.5. The molecule has 0 bridgehead atoms. The third-order valence-electron chi connectivity index (χ3n) is 3.64. The fourth-order valence-electron chi connectivity index (χ4n) is 2.11. The smallest absolute Gasteiger partial charge is 0.417 e. The maximum absolute atomic E-state index is 12.5. The Morgan fingerprint density at radius 2 is 1.93 bits per heavy atom. The standard InChI is InChI=1S/C17H22F3N5OS.HI/c1-11-12(2)27-15(25-11)6-7-22-16(21-3)23-8-9-26-14-5-4-13(10-24-14)17(18,19)20;/h4-5,10H,6-9H2,1-3H3,(H2,21,22,23);1H. The first-order chi connectivity index (χ1) is 12.8. The predicted molar refractivity (Wildman–Crippen MR) is 115 cm³/mol. The Morgan fingerprint density at radius 1 is 1.21 bits per heavy atom. The second-order valence-electron chi connectivity index (χ2n) is 5.66. The van der Waals surface area contributed by atoms with Crippen LogP contribution in [0.5, 0.6) is 5.88 Å². The van der Waals surface area contributed by atoms with Gasteiger partial charge in [0.25, 0.3) is 0 Å². The fourth-order valence-corrected chi connectivity index (χ4v) is 3.05. The zero-order valence-corrected chi connectivity index (χ0v) is 18.9. The number of nitrogens with one attached hydrogen (secondary N) is 2. The summed E-state index contributed by atoms with van der Waals surface area (Å²) in [5, 5.41) is 7.32. The van der Waals surface area contributed by atoms with Gasteiger partial charge in [0.1, 0.15) is 6.61 Å². The summed E-state index contributed by atoms with van der Waals surface area (Å²) in [4.78, 5) is 13.5. The number of hydrogen-bond donors (Lipinski definition) is 2. The highest BCUT2D eigenvalue weighted by molar-refractivity contribution is 14.0. The molecule has 0 fully saturated rings. The first-order valence-electron chi connectivity index (χ1n) is 8.33. The molecule has 0 aliphatic rings. The second-order valence-corrected chi connectivity index (χ2v) is 6.94. The molecule has 2 N–H and O–H groups in total.